The van der Waals surface area contributed by atoms with Gasteiger partial charge >= 0.3 is 0 Å². The van der Waals surface area contributed by atoms with Crippen LogP contribution in [-0.4, -0.2) is 32.6 Å². The van der Waals surface area contributed by atoms with E-state index in [1.54, 1.807) is 14.2 Å². The first-order valence-corrected chi connectivity index (χ1v) is 8.70. The van der Waals surface area contributed by atoms with E-state index in [1.807, 2.05) is 49.4 Å². The Morgan fingerprint density at radius 1 is 1.07 bits per heavy atom. The summed E-state index contributed by atoms with van der Waals surface area (Å²) in [6.45, 7) is 4.52. The molecule has 1 amide bonds. The van der Waals surface area contributed by atoms with Gasteiger partial charge in [0.05, 0.1) is 13.7 Å². The Kier molecular flexibility index (Phi) is 10.1. The number of benzene rings is 2. The highest BCUT2D eigenvalue weighted by molar-refractivity contribution is 14.0. The summed E-state index contributed by atoms with van der Waals surface area (Å²) in [5.74, 6) is 1.87. The smallest absolute Gasteiger partial charge is 0.221 e. The van der Waals surface area contributed by atoms with E-state index in [-0.39, 0.29) is 29.9 Å². The first kappa shape index (κ1) is 23.5. The Labute approximate surface area is 182 Å². The number of carbonyl (C=O) groups excluding carboxylic acids is 1. The molecule has 0 saturated heterocycles. The molecule has 2 aromatic rings. The Hall–Kier alpha value is -2.49. The van der Waals surface area contributed by atoms with Gasteiger partial charge in [0.25, 0.3) is 0 Å². The maximum atomic E-state index is 11.2. The quantitative estimate of drug-likeness (QED) is 0.307. The molecule has 2 rings (SSSR count). The zero-order valence-corrected chi connectivity index (χ0v) is 18.9. The molecule has 0 bridgehead atoms. The highest BCUT2D eigenvalue weighted by Gasteiger charge is 2.07. The van der Waals surface area contributed by atoms with E-state index in [1.165, 1.54) is 6.92 Å². The molecule has 8 heteroatoms. The molecule has 0 aliphatic heterocycles. The molecule has 0 aliphatic rings. The molecule has 0 saturated carbocycles. The molecule has 0 fully saturated rings. The number of rotatable bonds is 7. The molecular weight excluding hydrogens is 471 g/mol. The Morgan fingerprint density at radius 3 is 2.46 bits per heavy atom. The molecule has 2 aromatic carbocycles. The SMILES string of the molecule is CCOc1cc(NC(=NC)NCc2cccc(NC(C)=O)c2)ccc1OC.I. The summed E-state index contributed by atoms with van der Waals surface area (Å²) in [5, 5.41) is 9.26. The van der Waals surface area contributed by atoms with Gasteiger partial charge in [0.1, 0.15) is 0 Å². The van der Waals surface area contributed by atoms with Crippen LogP contribution in [0.25, 0.3) is 0 Å². The Morgan fingerprint density at radius 2 is 1.82 bits per heavy atom. The lowest BCUT2D eigenvalue weighted by Crippen LogP contribution is -2.30. The summed E-state index contributed by atoms with van der Waals surface area (Å²) in [5.41, 5.74) is 2.62. The van der Waals surface area contributed by atoms with Crippen LogP contribution in [0.1, 0.15) is 19.4 Å². The fourth-order valence-electron chi connectivity index (χ4n) is 2.49. The third-order valence-electron chi connectivity index (χ3n) is 3.66. The average Bonchev–Trinajstić information content (AvgIpc) is 2.65. The van der Waals surface area contributed by atoms with Crippen molar-refractivity contribution < 1.29 is 14.3 Å². The molecule has 0 unspecified atom stereocenters. The monoisotopic (exact) mass is 498 g/mol. The molecule has 0 aromatic heterocycles. The summed E-state index contributed by atoms with van der Waals surface area (Å²) >= 11 is 0. The molecule has 3 N–H and O–H groups in total. The number of nitrogens with one attached hydrogen (secondary N) is 3. The minimum atomic E-state index is -0.0952. The number of anilines is 2. The van der Waals surface area contributed by atoms with Crippen molar-refractivity contribution >= 4 is 47.2 Å². The van der Waals surface area contributed by atoms with Gasteiger partial charge in [-0.2, -0.15) is 0 Å². The van der Waals surface area contributed by atoms with Crippen LogP contribution in [0, 0.1) is 0 Å². The van der Waals surface area contributed by atoms with Gasteiger partial charge in [0.15, 0.2) is 17.5 Å². The minimum Gasteiger partial charge on any atom is -0.493 e. The van der Waals surface area contributed by atoms with Crippen LogP contribution in [0.2, 0.25) is 0 Å². The number of guanidine groups is 1. The maximum absolute atomic E-state index is 11.2. The van der Waals surface area contributed by atoms with Crippen molar-refractivity contribution in [3.8, 4) is 11.5 Å². The third kappa shape index (κ3) is 7.26. The standard InChI is InChI=1S/C20H26N4O3.HI/c1-5-27-19-12-17(9-10-18(19)26-4)24-20(21-3)22-13-15-7-6-8-16(11-15)23-14(2)25;/h6-12H,5,13H2,1-4H3,(H,23,25)(H2,21,22,24);1H. The molecule has 7 nitrogen and oxygen atoms in total. The number of halogens is 1. The van der Waals surface area contributed by atoms with Crippen molar-refractivity contribution in [2.24, 2.45) is 4.99 Å². The summed E-state index contributed by atoms with van der Waals surface area (Å²) in [4.78, 5) is 15.4. The fourth-order valence-corrected chi connectivity index (χ4v) is 2.49. The molecular formula is C20H27IN4O3. The van der Waals surface area contributed by atoms with Crippen LogP contribution in [0.4, 0.5) is 11.4 Å². The van der Waals surface area contributed by atoms with Crippen LogP contribution in [0.3, 0.4) is 0 Å². The second-order valence-corrected chi connectivity index (χ2v) is 5.73. The van der Waals surface area contributed by atoms with Gasteiger partial charge in [0, 0.05) is 38.0 Å². The van der Waals surface area contributed by atoms with E-state index in [2.05, 4.69) is 20.9 Å². The zero-order valence-electron chi connectivity index (χ0n) is 16.5. The van der Waals surface area contributed by atoms with Gasteiger partial charge in [-0.15, -0.1) is 24.0 Å². The molecule has 0 radical (unpaired) electrons. The van der Waals surface area contributed by atoms with Crippen molar-refractivity contribution in [2.75, 3.05) is 31.4 Å². The number of carbonyl (C=O) groups is 1. The largest absolute Gasteiger partial charge is 0.493 e. The van der Waals surface area contributed by atoms with E-state index in [0.29, 0.717) is 30.6 Å². The average molecular weight is 498 g/mol. The fraction of sp³-hybridized carbons (Fsp3) is 0.300. The van der Waals surface area contributed by atoms with Gasteiger partial charge in [-0.05, 0) is 36.8 Å². The topological polar surface area (TPSA) is 84.0 Å². The van der Waals surface area contributed by atoms with E-state index in [4.69, 9.17) is 9.47 Å². The van der Waals surface area contributed by atoms with E-state index in [0.717, 1.165) is 16.9 Å². The lowest BCUT2D eigenvalue weighted by molar-refractivity contribution is -0.114. The number of methoxy groups -OCH3 is 1. The van der Waals surface area contributed by atoms with Gasteiger partial charge in [-0.25, -0.2) is 0 Å². The van der Waals surface area contributed by atoms with Crippen LogP contribution in [0.15, 0.2) is 47.5 Å². The summed E-state index contributed by atoms with van der Waals surface area (Å²) < 4.78 is 10.9. The van der Waals surface area contributed by atoms with E-state index in [9.17, 15) is 4.79 Å². The second kappa shape index (κ2) is 12.1. The van der Waals surface area contributed by atoms with E-state index >= 15 is 0 Å². The third-order valence-corrected chi connectivity index (χ3v) is 3.66. The first-order valence-electron chi connectivity index (χ1n) is 8.70. The molecule has 0 spiro atoms. The highest BCUT2D eigenvalue weighted by Crippen LogP contribution is 2.30. The number of hydrogen-bond acceptors (Lipinski definition) is 4. The number of ether oxygens (including phenoxy) is 2. The predicted molar refractivity (Wildman–Crippen MR) is 124 cm³/mol. The van der Waals surface area contributed by atoms with Gasteiger partial charge in [-0.1, -0.05) is 12.1 Å². The van der Waals surface area contributed by atoms with Crippen LogP contribution < -0.4 is 25.4 Å². The van der Waals surface area contributed by atoms with Crippen molar-refractivity contribution in [1.29, 1.82) is 0 Å². The Bertz CT molecular complexity index is 812. The number of hydrogen-bond donors (Lipinski definition) is 3. The molecule has 0 aliphatic carbocycles. The zero-order chi connectivity index (χ0) is 19.6. The van der Waals surface area contributed by atoms with Crippen molar-refractivity contribution in [3.63, 3.8) is 0 Å². The number of amides is 1. The Balaban J connectivity index is 0.00000392. The summed E-state index contributed by atoms with van der Waals surface area (Å²) in [6, 6.07) is 13.3. The number of aliphatic imine (C=N–C) groups is 1. The lowest BCUT2D eigenvalue weighted by Gasteiger charge is -2.15. The molecule has 0 atom stereocenters. The van der Waals surface area contributed by atoms with Gasteiger partial charge < -0.3 is 25.4 Å². The van der Waals surface area contributed by atoms with Crippen LogP contribution >= 0.6 is 24.0 Å². The van der Waals surface area contributed by atoms with Gasteiger partial charge in [-0.3, -0.25) is 9.79 Å². The normalized spacial score (nSPS) is 10.5. The van der Waals surface area contributed by atoms with Crippen molar-refractivity contribution in [1.82, 2.24) is 5.32 Å². The second-order valence-electron chi connectivity index (χ2n) is 5.73. The molecule has 28 heavy (non-hydrogen) atoms. The number of nitrogens with zero attached hydrogens (tertiary/aromatic N) is 1. The van der Waals surface area contributed by atoms with Crippen molar-refractivity contribution in [3.05, 3.63) is 48.0 Å². The highest BCUT2D eigenvalue weighted by atomic mass is 127. The van der Waals surface area contributed by atoms with Gasteiger partial charge in [0.2, 0.25) is 5.91 Å². The summed E-state index contributed by atoms with van der Waals surface area (Å²) in [7, 11) is 3.32. The van der Waals surface area contributed by atoms with Crippen LogP contribution in [-0.2, 0) is 11.3 Å². The van der Waals surface area contributed by atoms with E-state index < -0.39 is 0 Å². The maximum Gasteiger partial charge on any atom is 0.221 e. The summed E-state index contributed by atoms with van der Waals surface area (Å²) in [6.07, 6.45) is 0. The first-order chi connectivity index (χ1) is 13.0. The predicted octanol–water partition coefficient (Wildman–Crippen LogP) is 3.86. The van der Waals surface area contributed by atoms with Crippen molar-refractivity contribution in [2.45, 2.75) is 20.4 Å². The molecule has 152 valence electrons. The molecule has 0 heterocycles. The minimum absolute atomic E-state index is 0. The van der Waals surface area contributed by atoms with Crippen LogP contribution in [0.5, 0.6) is 11.5 Å². The lowest BCUT2D eigenvalue weighted by atomic mass is 10.2.